The fourth-order valence-corrected chi connectivity index (χ4v) is 4.71. The van der Waals surface area contributed by atoms with Crippen LogP contribution in [0.1, 0.15) is 120 Å². The van der Waals surface area contributed by atoms with Crippen molar-refractivity contribution in [2.45, 2.75) is 111 Å². The summed E-state index contributed by atoms with van der Waals surface area (Å²) in [6.45, 7) is 10.8. The molecule has 5 nitrogen and oxygen atoms in total. The third kappa shape index (κ3) is 8.89. The lowest BCUT2D eigenvalue weighted by Gasteiger charge is -2.20. The number of aryl methyl sites for hydroxylation is 1. The van der Waals surface area contributed by atoms with Crippen molar-refractivity contribution < 1.29 is 4.79 Å². The summed E-state index contributed by atoms with van der Waals surface area (Å²) >= 11 is 1.48. The Morgan fingerprint density at radius 1 is 0.844 bits per heavy atom. The molecule has 0 unspecified atom stereocenters. The summed E-state index contributed by atoms with van der Waals surface area (Å²) < 4.78 is 0. The zero-order valence-electron chi connectivity index (χ0n) is 20.7. The zero-order valence-corrected chi connectivity index (χ0v) is 21.5. The van der Waals surface area contributed by atoms with Gasteiger partial charge in [0, 0.05) is 12.1 Å². The van der Waals surface area contributed by atoms with Crippen molar-refractivity contribution in [2.75, 3.05) is 10.6 Å². The highest BCUT2D eigenvalue weighted by atomic mass is 32.1. The predicted molar refractivity (Wildman–Crippen MR) is 138 cm³/mol. The number of para-hydroxylation sites is 1. The maximum Gasteiger partial charge on any atom is 0.325 e. The zero-order chi connectivity index (χ0) is 23.3. The Kier molecular flexibility index (Phi) is 11.7. The minimum Gasteiger partial charge on any atom is -0.307 e. The molecular weight excluding hydrogens is 416 g/mol. The molecule has 0 atom stereocenters. The number of carbonyl (C=O) groups is 1. The number of carbonyl (C=O) groups excluding carboxylic acids is 1. The second-order valence-electron chi connectivity index (χ2n) is 9.28. The molecule has 2 rings (SSSR count). The highest BCUT2D eigenvalue weighted by molar-refractivity contribution is 7.15. The number of nitrogens with one attached hydrogen (secondary N) is 2. The average molecular weight is 459 g/mol. The number of hydrogen-bond donors (Lipinski definition) is 2. The molecule has 178 valence electrons. The van der Waals surface area contributed by atoms with Crippen LogP contribution in [0.5, 0.6) is 0 Å². The van der Waals surface area contributed by atoms with Gasteiger partial charge in [0.05, 0.1) is 0 Å². The molecule has 0 spiro atoms. The van der Waals surface area contributed by atoms with Crippen LogP contribution >= 0.6 is 11.3 Å². The largest absolute Gasteiger partial charge is 0.325 e. The molecule has 1 heterocycles. The van der Waals surface area contributed by atoms with Crippen molar-refractivity contribution >= 4 is 28.2 Å². The lowest BCUT2D eigenvalue weighted by molar-refractivity contribution is 0.262. The van der Waals surface area contributed by atoms with Crippen LogP contribution in [0.3, 0.4) is 0 Å². The molecule has 0 fully saturated rings. The molecule has 0 aliphatic rings. The first-order valence-corrected chi connectivity index (χ1v) is 13.3. The number of aromatic nitrogens is 2. The SMILES string of the molecule is CCCCCCCCCCCc1nnc(NC(=O)Nc2c(C(C)C)cccc2C(C)C)s1. The molecule has 32 heavy (non-hydrogen) atoms. The van der Waals surface area contributed by atoms with E-state index >= 15 is 0 Å². The molecular formula is C26H42N4OS. The first-order valence-electron chi connectivity index (χ1n) is 12.5. The molecule has 1 aromatic heterocycles. The van der Waals surface area contributed by atoms with Gasteiger partial charge in [-0.2, -0.15) is 0 Å². The molecule has 0 radical (unpaired) electrons. The smallest absolute Gasteiger partial charge is 0.307 e. The molecule has 0 saturated heterocycles. The standard InChI is InChI=1S/C26H42N4OS/c1-6-7-8-9-10-11-12-13-14-18-23-29-30-26(32-23)28-25(31)27-24-21(19(2)3)16-15-17-22(24)20(4)5/h15-17,19-20H,6-14,18H2,1-5H3,(H2,27,28,30,31). The Labute approximate surface area is 198 Å². The van der Waals surface area contributed by atoms with Crippen LogP contribution < -0.4 is 10.6 Å². The van der Waals surface area contributed by atoms with Crippen molar-refractivity contribution in [2.24, 2.45) is 0 Å². The van der Waals surface area contributed by atoms with E-state index in [0.29, 0.717) is 17.0 Å². The van der Waals surface area contributed by atoms with Gasteiger partial charge in [0.25, 0.3) is 0 Å². The number of unbranched alkanes of at least 4 members (excludes halogenated alkanes) is 8. The molecule has 6 heteroatoms. The Hall–Kier alpha value is -1.95. The second-order valence-corrected chi connectivity index (χ2v) is 10.3. The van der Waals surface area contributed by atoms with Gasteiger partial charge in [0.15, 0.2) is 0 Å². The first-order chi connectivity index (χ1) is 15.4. The van der Waals surface area contributed by atoms with Gasteiger partial charge in [-0.3, -0.25) is 5.32 Å². The normalized spacial score (nSPS) is 11.3. The highest BCUT2D eigenvalue weighted by Crippen LogP contribution is 2.32. The fraction of sp³-hybridized carbons (Fsp3) is 0.654. The number of urea groups is 1. The number of nitrogens with zero attached hydrogens (tertiary/aromatic N) is 2. The van der Waals surface area contributed by atoms with E-state index in [-0.39, 0.29) is 6.03 Å². The quantitative estimate of drug-likeness (QED) is 0.279. The lowest BCUT2D eigenvalue weighted by atomic mass is 9.93. The average Bonchev–Trinajstić information content (AvgIpc) is 3.19. The third-order valence-electron chi connectivity index (χ3n) is 5.79. The number of hydrogen-bond acceptors (Lipinski definition) is 4. The van der Waals surface area contributed by atoms with Gasteiger partial charge in [-0.25, -0.2) is 4.79 Å². The molecule has 1 aromatic carbocycles. The van der Waals surface area contributed by atoms with Crippen LogP contribution in [0.4, 0.5) is 15.6 Å². The fourth-order valence-electron chi connectivity index (χ4n) is 3.93. The Morgan fingerprint density at radius 2 is 1.41 bits per heavy atom. The summed E-state index contributed by atoms with van der Waals surface area (Å²) in [6.07, 6.45) is 12.7. The van der Waals surface area contributed by atoms with Crippen LogP contribution in [0.25, 0.3) is 0 Å². The van der Waals surface area contributed by atoms with E-state index in [1.54, 1.807) is 0 Å². The van der Waals surface area contributed by atoms with E-state index in [0.717, 1.165) is 34.7 Å². The molecule has 2 N–H and O–H groups in total. The van der Waals surface area contributed by atoms with Crippen LogP contribution in [0, 0.1) is 0 Å². The Morgan fingerprint density at radius 3 is 1.97 bits per heavy atom. The number of rotatable bonds is 14. The highest BCUT2D eigenvalue weighted by Gasteiger charge is 2.17. The number of benzene rings is 1. The van der Waals surface area contributed by atoms with Crippen molar-refractivity contribution in [1.29, 1.82) is 0 Å². The summed E-state index contributed by atoms with van der Waals surface area (Å²) in [4.78, 5) is 12.7. The van der Waals surface area contributed by atoms with Crippen LogP contribution in [-0.4, -0.2) is 16.2 Å². The van der Waals surface area contributed by atoms with E-state index in [4.69, 9.17) is 0 Å². The molecule has 0 aliphatic carbocycles. The summed E-state index contributed by atoms with van der Waals surface area (Å²) in [6, 6.07) is 5.98. The summed E-state index contributed by atoms with van der Waals surface area (Å²) in [5.74, 6) is 0.655. The van der Waals surface area contributed by atoms with E-state index in [9.17, 15) is 4.79 Å². The van der Waals surface area contributed by atoms with Crippen molar-refractivity contribution in [1.82, 2.24) is 10.2 Å². The third-order valence-corrected chi connectivity index (χ3v) is 6.69. The van der Waals surface area contributed by atoms with E-state index in [1.807, 2.05) is 0 Å². The number of amides is 2. The summed E-state index contributed by atoms with van der Waals surface area (Å²) in [5, 5.41) is 15.9. The Bertz CT molecular complexity index is 790. The predicted octanol–water partition coefficient (Wildman–Crippen LogP) is 8.50. The molecule has 2 aromatic rings. The van der Waals surface area contributed by atoms with Gasteiger partial charge in [0.1, 0.15) is 5.01 Å². The van der Waals surface area contributed by atoms with E-state index in [1.165, 1.54) is 62.7 Å². The van der Waals surface area contributed by atoms with Gasteiger partial charge in [-0.15, -0.1) is 10.2 Å². The van der Waals surface area contributed by atoms with Crippen molar-refractivity contribution in [3.8, 4) is 0 Å². The first kappa shape index (κ1) is 26.3. The maximum atomic E-state index is 12.7. The van der Waals surface area contributed by atoms with E-state index in [2.05, 4.69) is 73.6 Å². The van der Waals surface area contributed by atoms with Gasteiger partial charge in [-0.05, 0) is 29.4 Å². The topological polar surface area (TPSA) is 66.9 Å². The van der Waals surface area contributed by atoms with Gasteiger partial charge >= 0.3 is 6.03 Å². The Balaban J connectivity index is 1.79. The van der Waals surface area contributed by atoms with E-state index < -0.39 is 0 Å². The molecule has 0 bridgehead atoms. The lowest BCUT2D eigenvalue weighted by Crippen LogP contribution is -2.21. The summed E-state index contributed by atoms with van der Waals surface area (Å²) in [5.41, 5.74) is 3.21. The maximum absolute atomic E-state index is 12.7. The second kappa shape index (κ2) is 14.2. The van der Waals surface area contributed by atoms with Gasteiger partial charge in [-0.1, -0.05) is 116 Å². The molecule has 0 saturated carbocycles. The van der Waals surface area contributed by atoms with Crippen LogP contribution in [0.15, 0.2) is 18.2 Å². The number of anilines is 2. The molecule has 2 amide bonds. The minimum absolute atomic E-state index is 0.259. The van der Waals surface area contributed by atoms with Crippen molar-refractivity contribution in [3.05, 3.63) is 34.3 Å². The van der Waals surface area contributed by atoms with Crippen LogP contribution in [0.2, 0.25) is 0 Å². The van der Waals surface area contributed by atoms with Crippen molar-refractivity contribution in [3.63, 3.8) is 0 Å². The molecule has 0 aliphatic heterocycles. The van der Waals surface area contributed by atoms with Gasteiger partial charge < -0.3 is 5.32 Å². The van der Waals surface area contributed by atoms with Gasteiger partial charge in [0.2, 0.25) is 5.13 Å². The monoisotopic (exact) mass is 458 g/mol. The minimum atomic E-state index is -0.259. The summed E-state index contributed by atoms with van der Waals surface area (Å²) in [7, 11) is 0. The van der Waals surface area contributed by atoms with Crippen LogP contribution in [-0.2, 0) is 6.42 Å².